The summed E-state index contributed by atoms with van der Waals surface area (Å²) in [6.07, 6.45) is 0.608. The minimum Gasteiger partial charge on any atom is -0.342 e. The number of nitrogens with zero attached hydrogens (tertiary/aromatic N) is 2. The van der Waals surface area contributed by atoms with Gasteiger partial charge in [0, 0.05) is 12.1 Å². The van der Waals surface area contributed by atoms with E-state index in [9.17, 15) is 9.18 Å². The van der Waals surface area contributed by atoms with Crippen molar-refractivity contribution in [2.24, 2.45) is 0 Å². The minimum absolute atomic E-state index is 0.249. The maximum atomic E-state index is 13.2. The molecule has 0 saturated heterocycles. The highest BCUT2D eigenvalue weighted by Crippen LogP contribution is 2.24. The predicted octanol–water partition coefficient (Wildman–Crippen LogP) is 4.91. The number of para-hydroxylation sites is 2. The van der Waals surface area contributed by atoms with E-state index in [1.54, 1.807) is 0 Å². The third kappa shape index (κ3) is 4.04. The molecule has 5 heteroatoms. The van der Waals surface area contributed by atoms with Crippen LogP contribution in [0.1, 0.15) is 34.7 Å². The topological polar surface area (TPSA) is 46.9 Å². The molecule has 0 saturated carbocycles. The lowest BCUT2D eigenvalue weighted by Gasteiger charge is -2.20. The molecule has 4 nitrogen and oxygen atoms in total. The van der Waals surface area contributed by atoms with E-state index >= 15 is 0 Å². The van der Waals surface area contributed by atoms with Crippen molar-refractivity contribution in [3.8, 4) is 0 Å². The Morgan fingerprint density at radius 2 is 1.69 bits per heavy atom. The standard InChI is InChI=1S/C24H22FN3O/c1-2-28-22-11-7-6-10-20(22)26-23(28)21(16-17-8-4-3-5-9-17)27-24(29)18-12-14-19(25)15-13-18/h3-15,21H,2,16H2,1H3,(H,27,29)/t21-/m0/s1. The number of fused-ring (bicyclic) bond motifs is 1. The van der Waals surface area contributed by atoms with E-state index in [0.29, 0.717) is 12.0 Å². The van der Waals surface area contributed by atoms with Crippen molar-refractivity contribution in [3.63, 3.8) is 0 Å². The Labute approximate surface area is 169 Å². The van der Waals surface area contributed by atoms with E-state index in [-0.39, 0.29) is 17.8 Å². The van der Waals surface area contributed by atoms with Gasteiger partial charge in [-0.3, -0.25) is 4.79 Å². The zero-order valence-electron chi connectivity index (χ0n) is 16.2. The third-order valence-corrected chi connectivity index (χ3v) is 5.01. The van der Waals surface area contributed by atoms with Gasteiger partial charge in [0.15, 0.2) is 0 Å². The average molecular weight is 387 g/mol. The molecule has 0 aliphatic rings. The number of amides is 1. The van der Waals surface area contributed by atoms with Crippen molar-refractivity contribution in [1.29, 1.82) is 0 Å². The van der Waals surface area contributed by atoms with E-state index in [0.717, 1.165) is 29.0 Å². The number of imidazole rings is 1. The SMILES string of the molecule is CCn1c([C@H](Cc2ccccc2)NC(=O)c2ccc(F)cc2)nc2ccccc21. The van der Waals surface area contributed by atoms with E-state index in [2.05, 4.69) is 16.8 Å². The Morgan fingerprint density at radius 1 is 1.00 bits per heavy atom. The van der Waals surface area contributed by atoms with Crippen molar-refractivity contribution < 1.29 is 9.18 Å². The van der Waals surface area contributed by atoms with Crippen LogP contribution in [0.2, 0.25) is 0 Å². The van der Waals surface area contributed by atoms with Crippen LogP contribution in [0, 0.1) is 5.82 Å². The van der Waals surface area contributed by atoms with Crippen molar-refractivity contribution in [3.05, 3.63) is 102 Å². The van der Waals surface area contributed by atoms with Crippen molar-refractivity contribution in [2.45, 2.75) is 25.9 Å². The van der Waals surface area contributed by atoms with Gasteiger partial charge in [-0.05, 0) is 55.3 Å². The fourth-order valence-electron chi connectivity index (χ4n) is 3.59. The minimum atomic E-state index is -0.366. The molecular formula is C24H22FN3O. The molecule has 0 radical (unpaired) electrons. The summed E-state index contributed by atoms with van der Waals surface area (Å²) in [5, 5.41) is 3.11. The fraction of sp³-hybridized carbons (Fsp3) is 0.167. The van der Waals surface area contributed by atoms with Gasteiger partial charge in [0.05, 0.1) is 17.1 Å². The molecule has 146 valence electrons. The number of aryl methyl sites for hydroxylation is 1. The number of halogens is 1. The molecule has 29 heavy (non-hydrogen) atoms. The molecule has 4 rings (SSSR count). The van der Waals surface area contributed by atoms with Gasteiger partial charge in [-0.1, -0.05) is 42.5 Å². The number of hydrogen-bond donors (Lipinski definition) is 1. The smallest absolute Gasteiger partial charge is 0.251 e. The van der Waals surface area contributed by atoms with Gasteiger partial charge in [0.25, 0.3) is 5.91 Å². The van der Waals surface area contributed by atoms with Crippen LogP contribution < -0.4 is 5.32 Å². The first kappa shape index (κ1) is 18.9. The van der Waals surface area contributed by atoms with Gasteiger partial charge < -0.3 is 9.88 Å². The number of hydrogen-bond acceptors (Lipinski definition) is 2. The zero-order chi connectivity index (χ0) is 20.2. The van der Waals surface area contributed by atoms with E-state index < -0.39 is 0 Å². The number of carbonyl (C=O) groups is 1. The second-order valence-electron chi connectivity index (χ2n) is 6.93. The van der Waals surface area contributed by atoms with Gasteiger partial charge in [0.1, 0.15) is 11.6 Å². The molecule has 1 aromatic heterocycles. The maximum Gasteiger partial charge on any atom is 0.251 e. The molecule has 0 unspecified atom stereocenters. The summed E-state index contributed by atoms with van der Waals surface area (Å²) in [6, 6.07) is 23.2. The van der Waals surface area contributed by atoms with Gasteiger partial charge in [-0.2, -0.15) is 0 Å². The molecule has 1 amide bonds. The number of carbonyl (C=O) groups excluding carboxylic acids is 1. The third-order valence-electron chi connectivity index (χ3n) is 5.01. The Morgan fingerprint density at radius 3 is 2.41 bits per heavy atom. The highest BCUT2D eigenvalue weighted by molar-refractivity contribution is 5.94. The van der Waals surface area contributed by atoms with Gasteiger partial charge in [-0.25, -0.2) is 9.37 Å². The number of rotatable bonds is 6. The van der Waals surface area contributed by atoms with Crippen molar-refractivity contribution >= 4 is 16.9 Å². The number of benzene rings is 3. The predicted molar refractivity (Wildman–Crippen MR) is 112 cm³/mol. The maximum absolute atomic E-state index is 13.2. The molecule has 1 atom stereocenters. The van der Waals surface area contributed by atoms with Crippen molar-refractivity contribution in [1.82, 2.24) is 14.9 Å². The summed E-state index contributed by atoms with van der Waals surface area (Å²) in [5.41, 5.74) is 3.47. The highest BCUT2D eigenvalue weighted by atomic mass is 19.1. The first-order valence-electron chi connectivity index (χ1n) is 9.71. The van der Waals surface area contributed by atoms with Crippen LogP contribution in [0.5, 0.6) is 0 Å². The number of nitrogens with one attached hydrogen (secondary N) is 1. The van der Waals surface area contributed by atoms with Crippen LogP contribution in [0.25, 0.3) is 11.0 Å². The fourth-order valence-corrected chi connectivity index (χ4v) is 3.59. The lowest BCUT2D eigenvalue weighted by molar-refractivity contribution is 0.0934. The molecule has 0 bridgehead atoms. The normalized spacial score (nSPS) is 12.1. The summed E-state index contributed by atoms with van der Waals surface area (Å²) >= 11 is 0. The Hall–Kier alpha value is -3.47. The average Bonchev–Trinajstić information content (AvgIpc) is 3.13. The summed E-state index contributed by atoms with van der Waals surface area (Å²) in [4.78, 5) is 17.7. The summed E-state index contributed by atoms with van der Waals surface area (Å²) in [6.45, 7) is 2.81. The summed E-state index contributed by atoms with van der Waals surface area (Å²) < 4.78 is 15.4. The summed E-state index contributed by atoms with van der Waals surface area (Å²) in [5.74, 6) is 0.198. The van der Waals surface area contributed by atoms with Crippen molar-refractivity contribution in [2.75, 3.05) is 0 Å². The largest absolute Gasteiger partial charge is 0.342 e. The number of aromatic nitrogens is 2. The van der Waals surface area contributed by atoms with E-state index in [1.807, 2.05) is 54.6 Å². The van der Waals surface area contributed by atoms with Crippen LogP contribution in [-0.2, 0) is 13.0 Å². The first-order chi connectivity index (χ1) is 14.2. The molecule has 0 fully saturated rings. The van der Waals surface area contributed by atoms with Crippen LogP contribution >= 0.6 is 0 Å². The molecule has 1 heterocycles. The molecule has 0 aliphatic carbocycles. The zero-order valence-corrected chi connectivity index (χ0v) is 16.2. The Balaban J connectivity index is 1.72. The molecule has 0 spiro atoms. The lowest BCUT2D eigenvalue weighted by atomic mass is 10.0. The molecular weight excluding hydrogens is 365 g/mol. The van der Waals surface area contributed by atoms with Crippen LogP contribution in [-0.4, -0.2) is 15.5 Å². The van der Waals surface area contributed by atoms with E-state index in [1.165, 1.54) is 24.3 Å². The molecule has 4 aromatic rings. The lowest BCUT2D eigenvalue weighted by Crippen LogP contribution is -2.32. The van der Waals surface area contributed by atoms with Gasteiger partial charge in [-0.15, -0.1) is 0 Å². The second kappa shape index (κ2) is 8.27. The molecule has 0 aliphatic heterocycles. The highest BCUT2D eigenvalue weighted by Gasteiger charge is 2.22. The van der Waals surface area contributed by atoms with E-state index in [4.69, 9.17) is 4.98 Å². The molecule has 1 N–H and O–H groups in total. The quantitative estimate of drug-likeness (QED) is 0.511. The second-order valence-corrected chi connectivity index (χ2v) is 6.93. The van der Waals surface area contributed by atoms with Crippen LogP contribution in [0.3, 0.4) is 0 Å². The van der Waals surface area contributed by atoms with Crippen LogP contribution in [0.4, 0.5) is 4.39 Å². The first-order valence-corrected chi connectivity index (χ1v) is 9.71. The van der Waals surface area contributed by atoms with Crippen LogP contribution in [0.15, 0.2) is 78.9 Å². The van der Waals surface area contributed by atoms with Gasteiger partial charge in [0.2, 0.25) is 0 Å². The van der Waals surface area contributed by atoms with Gasteiger partial charge >= 0.3 is 0 Å². The monoisotopic (exact) mass is 387 g/mol. The molecule has 3 aromatic carbocycles. The Kier molecular flexibility index (Phi) is 5.38. The summed E-state index contributed by atoms with van der Waals surface area (Å²) in [7, 11) is 0. The Bertz CT molecular complexity index is 1120.